The van der Waals surface area contributed by atoms with E-state index >= 15 is 0 Å². The molecule has 0 radical (unpaired) electrons. The van der Waals surface area contributed by atoms with Crippen LogP contribution in [0.3, 0.4) is 0 Å². The van der Waals surface area contributed by atoms with Gasteiger partial charge in [-0.05, 0) is 50.1 Å². The van der Waals surface area contributed by atoms with Crippen LogP contribution in [0.2, 0.25) is 0 Å². The first-order valence-electron chi connectivity index (χ1n) is 7.88. The average molecular weight is 324 g/mol. The van der Waals surface area contributed by atoms with Gasteiger partial charge in [-0.3, -0.25) is 0 Å². The van der Waals surface area contributed by atoms with Crippen molar-refractivity contribution in [3.8, 4) is 28.6 Å². The summed E-state index contributed by atoms with van der Waals surface area (Å²) < 4.78 is 11.1. The summed E-state index contributed by atoms with van der Waals surface area (Å²) in [6, 6.07) is 13.2. The molecule has 5 heteroatoms. The fourth-order valence-corrected chi connectivity index (χ4v) is 2.39. The highest BCUT2D eigenvalue weighted by Crippen LogP contribution is 2.27. The third kappa shape index (κ3) is 3.46. The first kappa shape index (κ1) is 16.2. The molecule has 1 N–H and O–H groups in total. The molecule has 0 fully saturated rings. The third-order valence-corrected chi connectivity index (χ3v) is 3.61. The summed E-state index contributed by atoms with van der Waals surface area (Å²) in [5.41, 5.74) is 3.57. The van der Waals surface area contributed by atoms with Gasteiger partial charge >= 0.3 is 0 Å². The van der Waals surface area contributed by atoms with Gasteiger partial charge in [-0.2, -0.15) is 4.98 Å². The van der Waals surface area contributed by atoms with E-state index in [0.717, 1.165) is 28.0 Å². The van der Waals surface area contributed by atoms with Gasteiger partial charge < -0.3 is 14.4 Å². The van der Waals surface area contributed by atoms with Gasteiger partial charge in [-0.1, -0.05) is 29.4 Å². The van der Waals surface area contributed by atoms with Crippen LogP contribution in [0.1, 0.15) is 25.0 Å². The van der Waals surface area contributed by atoms with E-state index in [0.29, 0.717) is 11.7 Å². The molecule has 0 aliphatic carbocycles. The van der Waals surface area contributed by atoms with Crippen LogP contribution in [0, 0.1) is 6.92 Å². The van der Waals surface area contributed by atoms with Crippen LogP contribution in [-0.2, 0) is 6.61 Å². The maximum atomic E-state index is 9.09. The molecule has 24 heavy (non-hydrogen) atoms. The van der Waals surface area contributed by atoms with Crippen molar-refractivity contribution >= 4 is 0 Å². The van der Waals surface area contributed by atoms with Gasteiger partial charge in [0.15, 0.2) is 0 Å². The minimum absolute atomic E-state index is 0.0157. The number of ether oxygens (including phenoxy) is 1. The maximum Gasteiger partial charge on any atom is 0.258 e. The van der Waals surface area contributed by atoms with E-state index in [1.54, 1.807) is 0 Å². The summed E-state index contributed by atoms with van der Waals surface area (Å²) in [6.45, 7) is 6.01. The first-order valence-corrected chi connectivity index (χ1v) is 7.88. The van der Waals surface area contributed by atoms with Crippen LogP contribution in [0.4, 0.5) is 0 Å². The van der Waals surface area contributed by atoms with Gasteiger partial charge in [0.25, 0.3) is 5.89 Å². The van der Waals surface area contributed by atoms with Crippen molar-refractivity contribution in [2.24, 2.45) is 0 Å². The van der Waals surface area contributed by atoms with E-state index in [2.05, 4.69) is 10.1 Å². The number of aliphatic hydroxyl groups excluding tert-OH is 1. The smallest absolute Gasteiger partial charge is 0.258 e. The summed E-state index contributed by atoms with van der Waals surface area (Å²) in [6.07, 6.45) is 0.131. The van der Waals surface area contributed by atoms with Crippen molar-refractivity contribution in [1.82, 2.24) is 10.1 Å². The van der Waals surface area contributed by atoms with Crippen molar-refractivity contribution in [2.75, 3.05) is 0 Å². The Hall–Kier alpha value is -2.66. The highest BCUT2D eigenvalue weighted by molar-refractivity contribution is 5.61. The van der Waals surface area contributed by atoms with Gasteiger partial charge in [-0.25, -0.2) is 0 Å². The Kier molecular flexibility index (Phi) is 4.62. The van der Waals surface area contributed by atoms with Gasteiger partial charge in [0.05, 0.1) is 12.7 Å². The van der Waals surface area contributed by atoms with Crippen LogP contribution in [0.25, 0.3) is 22.8 Å². The van der Waals surface area contributed by atoms with E-state index in [-0.39, 0.29) is 12.7 Å². The van der Waals surface area contributed by atoms with Crippen molar-refractivity contribution in [3.63, 3.8) is 0 Å². The Morgan fingerprint density at radius 2 is 1.79 bits per heavy atom. The number of rotatable bonds is 5. The second-order valence-corrected chi connectivity index (χ2v) is 5.93. The number of hydrogen-bond acceptors (Lipinski definition) is 5. The Morgan fingerprint density at radius 1 is 1.08 bits per heavy atom. The average Bonchev–Trinajstić information content (AvgIpc) is 3.06. The van der Waals surface area contributed by atoms with E-state index in [1.165, 1.54) is 0 Å². The van der Waals surface area contributed by atoms with Gasteiger partial charge in [0, 0.05) is 11.1 Å². The molecule has 1 aromatic heterocycles. The summed E-state index contributed by atoms with van der Waals surface area (Å²) in [4.78, 5) is 4.46. The van der Waals surface area contributed by atoms with Crippen LogP contribution < -0.4 is 4.74 Å². The van der Waals surface area contributed by atoms with Crippen molar-refractivity contribution in [1.29, 1.82) is 0 Å². The minimum Gasteiger partial charge on any atom is -0.491 e. The predicted molar refractivity (Wildman–Crippen MR) is 91.6 cm³/mol. The van der Waals surface area contributed by atoms with Crippen molar-refractivity contribution < 1.29 is 14.4 Å². The second-order valence-electron chi connectivity index (χ2n) is 5.93. The molecule has 5 nitrogen and oxygen atoms in total. The topological polar surface area (TPSA) is 68.4 Å². The highest BCUT2D eigenvalue weighted by atomic mass is 16.5. The fraction of sp³-hybridized carbons (Fsp3) is 0.263. The predicted octanol–water partition coefficient (Wildman–Crippen LogP) is 3.99. The number of aromatic nitrogens is 2. The van der Waals surface area contributed by atoms with Crippen LogP contribution in [0.15, 0.2) is 47.0 Å². The summed E-state index contributed by atoms with van der Waals surface area (Å²) >= 11 is 0. The second kappa shape index (κ2) is 6.84. The molecule has 0 amide bonds. The van der Waals surface area contributed by atoms with Gasteiger partial charge in [0.1, 0.15) is 5.75 Å². The minimum atomic E-state index is 0.0157. The van der Waals surface area contributed by atoms with Gasteiger partial charge in [-0.15, -0.1) is 0 Å². The summed E-state index contributed by atoms with van der Waals surface area (Å²) in [7, 11) is 0. The molecule has 0 bridgehead atoms. The lowest BCUT2D eigenvalue weighted by Crippen LogP contribution is -2.06. The summed E-state index contributed by atoms with van der Waals surface area (Å²) in [5.74, 6) is 1.85. The van der Waals surface area contributed by atoms with Crippen LogP contribution in [-0.4, -0.2) is 21.4 Å². The molecule has 0 saturated heterocycles. The van der Waals surface area contributed by atoms with E-state index < -0.39 is 0 Å². The molecule has 3 aromatic rings. The highest BCUT2D eigenvalue weighted by Gasteiger charge is 2.12. The van der Waals surface area contributed by atoms with E-state index in [4.69, 9.17) is 14.4 Å². The van der Waals surface area contributed by atoms with E-state index in [1.807, 2.05) is 63.2 Å². The Labute approximate surface area is 140 Å². The maximum absolute atomic E-state index is 9.09. The standard InChI is InChI=1S/C19H20N2O3/c1-12(2)23-17-9-8-16(10-13(17)3)19-20-18(21-24-19)15-6-4-14(11-22)5-7-15/h4-10,12,22H,11H2,1-3H3. The normalized spacial score (nSPS) is 11.0. The van der Waals surface area contributed by atoms with Crippen molar-refractivity contribution in [2.45, 2.75) is 33.5 Å². The molecule has 2 aromatic carbocycles. The molecule has 0 spiro atoms. The Morgan fingerprint density at radius 3 is 2.42 bits per heavy atom. The SMILES string of the molecule is Cc1cc(-c2nc(-c3ccc(CO)cc3)no2)ccc1OC(C)C. The zero-order valence-electron chi connectivity index (χ0n) is 14.0. The third-order valence-electron chi connectivity index (χ3n) is 3.61. The lowest BCUT2D eigenvalue weighted by Gasteiger charge is -2.12. The molecular weight excluding hydrogens is 304 g/mol. The molecule has 0 atom stereocenters. The molecule has 0 unspecified atom stereocenters. The quantitative estimate of drug-likeness (QED) is 0.768. The fourth-order valence-electron chi connectivity index (χ4n) is 2.39. The Bertz CT molecular complexity index is 823. The van der Waals surface area contributed by atoms with Gasteiger partial charge in [0.2, 0.25) is 5.82 Å². The molecule has 124 valence electrons. The number of benzene rings is 2. The zero-order valence-corrected chi connectivity index (χ0v) is 14.0. The molecule has 0 aliphatic rings. The number of nitrogens with zero attached hydrogens (tertiary/aromatic N) is 2. The van der Waals surface area contributed by atoms with E-state index in [9.17, 15) is 0 Å². The first-order chi connectivity index (χ1) is 11.6. The van der Waals surface area contributed by atoms with Crippen molar-refractivity contribution in [3.05, 3.63) is 53.6 Å². The zero-order chi connectivity index (χ0) is 17.1. The lowest BCUT2D eigenvalue weighted by atomic mass is 10.1. The molecule has 1 heterocycles. The van der Waals surface area contributed by atoms with Crippen LogP contribution >= 0.6 is 0 Å². The lowest BCUT2D eigenvalue weighted by molar-refractivity contribution is 0.241. The summed E-state index contributed by atoms with van der Waals surface area (Å²) in [5, 5.41) is 13.1. The molecular formula is C19H20N2O3. The largest absolute Gasteiger partial charge is 0.491 e. The number of aryl methyl sites for hydroxylation is 1. The molecule has 3 rings (SSSR count). The van der Waals surface area contributed by atoms with Crippen LogP contribution in [0.5, 0.6) is 5.75 Å². The molecule has 0 aliphatic heterocycles. The number of aliphatic hydroxyl groups is 1. The Balaban J connectivity index is 1.85. The number of hydrogen-bond donors (Lipinski definition) is 1. The monoisotopic (exact) mass is 324 g/mol. The molecule has 0 saturated carbocycles.